The summed E-state index contributed by atoms with van der Waals surface area (Å²) in [5.74, 6) is 0. The van der Waals surface area contributed by atoms with Gasteiger partial charge in [0, 0.05) is 32.2 Å². The minimum absolute atomic E-state index is 0.128. The molecule has 1 N–H and O–H groups in total. The van der Waals surface area contributed by atoms with Gasteiger partial charge in [-0.1, -0.05) is 18.3 Å². The highest BCUT2D eigenvalue weighted by atomic mass is 32.1. The van der Waals surface area contributed by atoms with Crippen molar-refractivity contribution in [3.05, 3.63) is 10.6 Å². The third-order valence-electron chi connectivity index (χ3n) is 3.89. The second-order valence-electron chi connectivity index (χ2n) is 5.13. The molecule has 2 aliphatic rings. The van der Waals surface area contributed by atoms with Crippen LogP contribution in [0.3, 0.4) is 0 Å². The van der Waals surface area contributed by atoms with E-state index in [1.165, 1.54) is 25.9 Å². The van der Waals surface area contributed by atoms with Gasteiger partial charge in [-0.15, -0.1) is 0 Å². The molecule has 1 saturated carbocycles. The van der Waals surface area contributed by atoms with Crippen LogP contribution in [0.25, 0.3) is 0 Å². The van der Waals surface area contributed by atoms with E-state index < -0.39 is 0 Å². The number of nitrogens with zero attached hydrogens (tertiary/aromatic N) is 3. The Kier molecular flexibility index (Phi) is 3.54. The second-order valence-corrected chi connectivity index (χ2v) is 6.19. The molecule has 0 bridgehead atoms. The smallest absolute Gasteiger partial charge is 0.185 e. The Balaban J connectivity index is 1.66. The fourth-order valence-corrected chi connectivity index (χ4v) is 3.68. The molecular formula is C13H21N3OS. The molecule has 0 unspecified atom stereocenters. The summed E-state index contributed by atoms with van der Waals surface area (Å²) in [4.78, 5) is 10.7. The zero-order chi connectivity index (χ0) is 12.5. The molecule has 0 amide bonds. The zero-order valence-corrected chi connectivity index (χ0v) is 11.7. The van der Waals surface area contributed by atoms with Gasteiger partial charge in [0.1, 0.15) is 0 Å². The molecule has 0 spiro atoms. The number of aliphatic hydroxyl groups excluding tert-OH is 1. The number of piperazine rings is 1. The van der Waals surface area contributed by atoms with E-state index in [4.69, 9.17) is 0 Å². The number of aromatic nitrogens is 1. The topological polar surface area (TPSA) is 39.6 Å². The lowest BCUT2D eigenvalue weighted by atomic mass is 10.3. The Morgan fingerprint density at radius 3 is 2.50 bits per heavy atom. The summed E-state index contributed by atoms with van der Waals surface area (Å²) >= 11 is 1.66. The quantitative estimate of drug-likeness (QED) is 0.897. The SMILES string of the molecule is CCc1nc(N2CCN(C3CC3)CC2)sc1CO. The van der Waals surface area contributed by atoms with Crippen LogP contribution < -0.4 is 4.90 Å². The summed E-state index contributed by atoms with van der Waals surface area (Å²) in [5.41, 5.74) is 1.07. The van der Waals surface area contributed by atoms with Crippen LogP contribution in [-0.2, 0) is 13.0 Å². The van der Waals surface area contributed by atoms with Crippen molar-refractivity contribution in [2.75, 3.05) is 31.1 Å². The van der Waals surface area contributed by atoms with Crippen molar-refractivity contribution >= 4 is 16.5 Å². The lowest BCUT2D eigenvalue weighted by Crippen LogP contribution is -2.47. The Morgan fingerprint density at radius 1 is 1.28 bits per heavy atom. The summed E-state index contributed by atoms with van der Waals surface area (Å²) < 4.78 is 0. The first-order valence-corrected chi connectivity index (χ1v) is 7.72. The largest absolute Gasteiger partial charge is 0.391 e. The summed E-state index contributed by atoms with van der Waals surface area (Å²) in [5, 5.41) is 10.4. The van der Waals surface area contributed by atoms with Gasteiger partial charge in [-0.25, -0.2) is 4.98 Å². The number of hydrogen-bond acceptors (Lipinski definition) is 5. The molecule has 100 valence electrons. The van der Waals surface area contributed by atoms with E-state index >= 15 is 0 Å². The summed E-state index contributed by atoms with van der Waals surface area (Å²) in [7, 11) is 0. The van der Waals surface area contributed by atoms with E-state index in [2.05, 4.69) is 21.7 Å². The van der Waals surface area contributed by atoms with Crippen molar-refractivity contribution in [3.63, 3.8) is 0 Å². The number of aliphatic hydroxyl groups is 1. The standard InChI is InChI=1S/C13H21N3OS/c1-2-11-12(9-17)18-13(14-11)16-7-5-15(6-8-16)10-3-4-10/h10,17H,2-9H2,1H3. The molecule has 1 aromatic rings. The van der Waals surface area contributed by atoms with E-state index in [1.54, 1.807) is 11.3 Å². The minimum Gasteiger partial charge on any atom is -0.391 e. The van der Waals surface area contributed by atoms with Crippen molar-refractivity contribution in [2.45, 2.75) is 38.8 Å². The van der Waals surface area contributed by atoms with Crippen molar-refractivity contribution in [1.29, 1.82) is 0 Å². The van der Waals surface area contributed by atoms with E-state index in [9.17, 15) is 5.11 Å². The average molecular weight is 267 g/mol. The first-order chi connectivity index (χ1) is 8.81. The second kappa shape index (κ2) is 5.15. The van der Waals surface area contributed by atoms with Crippen LogP contribution in [0, 0.1) is 0 Å². The fourth-order valence-electron chi connectivity index (χ4n) is 2.62. The van der Waals surface area contributed by atoms with Gasteiger partial charge in [0.15, 0.2) is 5.13 Å². The van der Waals surface area contributed by atoms with Gasteiger partial charge in [0.2, 0.25) is 0 Å². The molecule has 2 heterocycles. The molecule has 5 heteroatoms. The maximum absolute atomic E-state index is 9.33. The summed E-state index contributed by atoms with van der Waals surface area (Å²) in [6.45, 7) is 6.72. The average Bonchev–Trinajstić information content (AvgIpc) is 3.18. The van der Waals surface area contributed by atoms with Crippen molar-refractivity contribution in [3.8, 4) is 0 Å². The van der Waals surface area contributed by atoms with Crippen molar-refractivity contribution < 1.29 is 5.11 Å². The van der Waals surface area contributed by atoms with Gasteiger partial charge in [0.05, 0.1) is 17.2 Å². The molecule has 1 aromatic heterocycles. The van der Waals surface area contributed by atoms with Crippen LogP contribution in [0.4, 0.5) is 5.13 Å². The first-order valence-electron chi connectivity index (χ1n) is 6.90. The summed E-state index contributed by atoms with van der Waals surface area (Å²) in [6.07, 6.45) is 3.70. The highest BCUT2D eigenvalue weighted by molar-refractivity contribution is 7.15. The van der Waals surface area contributed by atoms with Crippen LogP contribution >= 0.6 is 11.3 Å². The molecule has 0 radical (unpaired) electrons. The number of rotatable bonds is 4. The fraction of sp³-hybridized carbons (Fsp3) is 0.769. The molecule has 3 rings (SSSR count). The van der Waals surface area contributed by atoms with Crippen LogP contribution in [0.2, 0.25) is 0 Å². The van der Waals surface area contributed by atoms with Crippen molar-refractivity contribution in [2.24, 2.45) is 0 Å². The molecule has 18 heavy (non-hydrogen) atoms. The van der Waals surface area contributed by atoms with Gasteiger partial charge in [-0.05, 0) is 19.3 Å². The highest BCUT2D eigenvalue weighted by Gasteiger charge is 2.31. The Bertz CT molecular complexity index is 387. The molecule has 2 fully saturated rings. The number of aryl methyl sites for hydroxylation is 1. The van der Waals surface area contributed by atoms with Gasteiger partial charge in [-0.2, -0.15) is 0 Å². The predicted octanol–water partition coefficient (Wildman–Crippen LogP) is 1.48. The van der Waals surface area contributed by atoms with E-state index in [-0.39, 0.29) is 6.61 Å². The normalized spacial score (nSPS) is 21.6. The monoisotopic (exact) mass is 267 g/mol. The maximum atomic E-state index is 9.33. The van der Waals surface area contributed by atoms with E-state index in [0.717, 1.165) is 41.3 Å². The van der Waals surface area contributed by atoms with E-state index in [0.29, 0.717) is 0 Å². The number of thiazole rings is 1. The Morgan fingerprint density at radius 2 is 2.00 bits per heavy atom. The molecule has 0 atom stereocenters. The van der Waals surface area contributed by atoms with Gasteiger partial charge < -0.3 is 10.0 Å². The zero-order valence-electron chi connectivity index (χ0n) is 10.9. The lowest BCUT2D eigenvalue weighted by Gasteiger charge is -2.34. The van der Waals surface area contributed by atoms with E-state index in [1.807, 2.05) is 0 Å². The van der Waals surface area contributed by atoms with Gasteiger partial charge in [-0.3, -0.25) is 4.90 Å². The third-order valence-corrected chi connectivity index (χ3v) is 5.04. The first kappa shape index (κ1) is 12.4. The lowest BCUT2D eigenvalue weighted by molar-refractivity contribution is 0.248. The molecule has 0 aromatic carbocycles. The Hall–Kier alpha value is -0.650. The maximum Gasteiger partial charge on any atom is 0.185 e. The van der Waals surface area contributed by atoms with Crippen LogP contribution in [0.5, 0.6) is 0 Å². The molecule has 1 saturated heterocycles. The third kappa shape index (κ3) is 2.39. The highest BCUT2D eigenvalue weighted by Crippen LogP contribution is 2.31. The molecule has 1 aliphatic heterocycles. The minimum atomic E-state index is 0.128. The number of anilines is 1. The predicted molar refractivity (Wildman–Crippen MR) is 74.2 cm³/mol. The van der Waals surface area contributed by atoms with Gasteiger partial charge >= 0.3 is 0 Å². The van der Waals surface area contributed by atoms with Crippen LogP contribution in [0.15, 0.2) is 0 Å². The van der Waals surface area contributed by atoms with Crippen LogP contribution in [0.1, 0.15) is 30.3 Å². The van der Waals surface area contributed by atoms with Crippen LogP contribution in [-0.4, -0.2) is 47.2 Å². The Labute approximate surface area is 112 Å². The molecule has 1 aliphatic carbocycles. The van der Waals surface area contributed by atoms with Gasteiger partial charge in [0.25, 0.3) is 0 Å². The molecular weight excluding hydrogens is 246 g/mol. The van der Waals surface area contributed by atoms with Crippen molar-refractivity contribution in [1.82, 2.24) is 9.88 Å². The summed E-state index contributed by atoms with van der Waals surface area (Å²) in [6, 6.07) is 0.877. The number of hydrogen-bond donors (Lipinski definition) is 1. The molecule has 4 nitrogen and oxygen atoms in total.